The Morgan fingerprint density at radius 3 is 2.12 bits per heavy atom. The maximum absolute atomic E-state index is 12.4. The average Bonchev–Trinajstić information content (AvgIpc) is 2.63. The average molecular weight is 351 g/mol. The third-order valence-electron chi connectivity index (χ3n) is 4.12. The van der Waals surface area contributed by atoms with Gasteiger partial charge in [-0.25, -0.2) is 0 Å². The highest BCUT2D eigenvalue weighted by atomic mass is 35.5. The van der Waals surface area contributed by atoms with E-state index in [4.69, 9.17) is 16.3 Å². The molecule has 0 saturated carbocycles. The Bertz CT molecular complexity index is 881. The quantitative estimate of drug-likeness (QED) is 0.546. The van der Waals surface area contributed by atoms with Gasteiger partial charge in [-0.15, -0.1) is 0 Å². The second kappa shape index (κ2) is 7.54. The molecule has 0 atom stereocenters. The van der Waals surface area contributed by atoms with Gasteiger partial charge in [0.15, 0.2) is 5.78 Å². The maximum Gasteiger partial charge on any atom is 0.193 e. The van der Waals surface area contributed by atoms with Crippen LogP contribution in [0.2, 0.25) is 5.02 Å². The number of aryl methyl sites for hydroxylation is 2. The molecule has 0 N–H and O–H groups in total. The highest BCUT2D eigenvalue weighted by Gasteiger charge is 2.09. The standard InChI is InChI=1S/C22H19ClO2/c1-15-3-4-16(2)19(13-15)14-25-21-11-7-18(8-12-21)22(24)17-5-9-20(23)10-6-17/h3-13H,14H2,1-2H3. The van der Waals surface area contributed by atoms with Crippen LogP contribution in [0.4, 0.5) is 0 Å². The van der Waals surface area contributed by atoms with Gasteiger partial charge in [-0.3, -0.25) is 4.79 Å². The maximum atomic E-state index is 12.4. The van der Waals surface area contributed by atoms with Gasteiger partial charge in [0, 0.05) is 16.1 Å². The van der Waals surface area contributed by atoms with Crippen molar-refractivity contribution in [3.05, 3.63) is 99.6 Å². The van der Waals surface area contributed by atoms with Gasteiger partial charge in [0.1, 0.15) is 12.4 Å². The van der Waals surface area contributed by atoms with Crippen LogP contribution in [0.25, 0.3) is 0 Å². The molecule has 0 aliphatic heterocycles. The summed E-state index contributed by atoms with van der Waals surface area (Å²) < 4.78 is 5.86. The van der Waals surface area contributed by atoms with Gasteiger partial charge in [-0.05, 0) is 73.5 Å². The normalized spacial score (nSPS) is 10.5. The van der Waals surface area contributed by atoms with E-state index in [2.05, 4.69) is 32.0 Å². The molecule has 0 heterocycles. The Labute approximate surface area is 153 Å². The van der Waals surface area contributed by atoms with E-state index in [1.807, 2.05) is 12.1 Å². The number of ether oxygens (including phenoxy) is 1. The fourth-order valence-corrected chi connectivity index (χ4v) is 2.71. The molecule has 3 rings (SSSR count). The zero-order valence-electron chi connectivity index (χ0n) is 14.3. The largest absolute Gasteiger partial charge is 0.489 e. The summed E-state index contributed by atoms with van der Waals surface area (Å²) in [6, 6.07) is 20.5. The Balaban J connectivity index is 1.68. The lowest BCUT2D eigenvalue weighted by Gasteiger charge is -2.10. The van der Waals surface area contributed by atoms with E-state index in [1.54, 1.807) is 36.4 Å². The van der Waals surface area contributed by atoms with Crippen molar-refractivity contribution < 1.29 is 9.53 Å². The van der Waals surface area contributed by atoms with Crippen molar-refractivity contribution in [3.8, 4) is 5.75 Å². The first-order chi connectivity index (χ1) is 12.0. The predicted molar refractivity (Wildman–Crippen MR) is 102 cm³/mol. The molecule has 0 aliphatic carbocycles. The number of halogens is 1. The molecule has 0 spiro atoms. The number of ketones is 1. The van der Waals surface area contributed by atoms with Crippen LogP contribution in [0.1, 0.15) is 32.6 Å². The number of hydrogen-bond donors (Lipinski definition) is 0. The molecule has 0 bridgehead atoms. The molecular formula is C22H19ClO2. The second-order valence-electron chi connectivity index (χ2n) is 6.08. The molecule has 126 valence electrons. The number of hydrogen-bond acceptors (Lipinski definition) is 2. The lowest BCUT2D eigenvalue weighted by Crippen LogP contribution is -2.02. The summed E-state index contributed by atoms with van der Waals surface area (Å²) in [5.41, 5.74) is 4.84. The predicted octanol–water partition coefficient (Wildman–Crippen LogP) is 5.77. The van der Waals surface area contributed by atoms with Gasteiger partial charge in [-0.1, -0.05) is 35.4 Å². The first kappa shape index (κ1) is 17.2. The molecule has 2 nitrogen and oxygen atoms in total. The van der Waals surface area contributed by atoms with Crippen LogP contribution in [0.15, 0.2) is 66.7 Å². The van der Waals surface area contributed by atoms with Gasteiger partial charge in [0.2, 0.25) is 0 Å². The molecule has 0 fully saturated rings. The zero-order valence-corrected chi connectivity index (χ0v) is 15.0. The number of carbonyl (C=O) groups excluding carboxylic acids is 1. The fourth-order valence-electron chi connectivity index (χ4n) is 2.59. The number of benzene rings is 3. The molecule has 3 aromatic carbocycles. The highest BCUT2D eigenvalue weighted by Crippen LogP contribution is 2.19. The van der Waals surface area contributed by atoms with Crippen molar-refractivity contribution in [2.75, 3.05) is 0 Å². The summed E-state index contributed by atoms with van der Waals surface area (Å²) in [4.78, 5) is 12.4. The Hall–Kier alpha value is -2.58. The Morgan fingerprint density at radius 2 is 1.48 bits per heavy atom. The summed E-state index contributed by atoms with van der Waals surface area (Å²) in [6.07, 6.45) is 0. The smallest absolute Gasteiger partial charge is 0.193 e. The Kier molecular flexibility index (Phi) is 5.20. The minimum absolute atomic E-state index is 0.0299. The van der Waals surface area contributed by atoms with Gasteiger partial charge < -0.3 is 4.74 Å². The minimum Gasteiger partial charge on any atom is -0.489 e. The van der Waals surface area contributed by atoms with Crippen molar-refractivity contribution in [2.45, 2.75) is 20.5 Å². The van der Waals surface area contributed by atoms with Crippen LogP contribution >= 0.6 is 11.6 Å². The van der Waals surface area contributed by atoms with Crippen LogP contribution in [0, 0.1) is 13.8 Å². The van der Waals surface area contributed by atoms with Gasteiger partial charge >= 0.3 is 0 Å². The molecule has 0 saturated heterocycles. The molecular weight excluding hydrogens is 332 g/mol. The highest BCUT2D eigenvalue weighted by molar-refractivity contribution is 6.30. The van der Waals surface area contributed by atoms with Crippen molar-refractivity contribution >= 4 is 17.4 Å². The molecule has 3 heteroatoms. The van der Waals surface area contributed by atoms with E-state index in [1.165, 1.54) is 16.7 Å². The summed E-state index contributed by atoms with van der Waals surface area (Å²) in [7, 11) is 0. The van der Waals surface area contributed by atoms with Crippen LogP contribution < -0.4 is 4.74 Å². The van der Waals surface area contributed by atoms with Crippen LogP contribution in [0.5, 0.6) is 5.75 Å². The monoisotopic (exact) mass is 350 g/mol. The topological polar surface area (TPSA) is 26.3 Å². The summed E-state index contributed by atoms with van der Waals surface area (Å²) in [5, 5.41) is 0.617. The van der Waals surface area contributed by atoms with Crippen LogP contribution in [-0.2, 0) is 6.61 Å². The van der Waals surface area contributed by atoms with Gasteiger partial charge in [0.25, 0.3) is 0 Å². The zero-order chi connectivity index (χ0) is 17.8. The van der Waals surface area contributed by atoms with Crippen molar-refractivity contribution in [2.24, 2.45) is 0 Å². The van der Waals surface area contributed by atoms with Gasteiger partial charge in [-0.2, -0.15) is 0 Å². The SMILES string of the molecule is Cc1ccc(C)c(COc2ccc(C(=O)c3ccc(Cl)cc3)cc2)c1. The number of rotatable bonds is 5. The van der Waals surface area contributed by atoms with Crippen molar-refractivity contribution in [3.63, 3.8) is 0 Å². The summed E-state index contributed by atoms with van der Waals surface area (Å²) in [5.74, 6) is 0.714. The van der Waals surface area contributed by atoms with E-state index in [0.717, 1.165) is 5.75 Å². The molecule has 3 aromatic rings. The second-order valence-corrected chi connectivity index (χ2v) is 6.52. The minimum atomic E-state index is -0.0299. The molecule has 0 amide bonds. The number of carbonyl (C=O) groups is 1. The van der Waals surface area contributed by atoms with Gasteiger partial charge in [0.05, 0.1) is 0 Å². The lowest BCUT2D eigenvalue weighted by molar-refractivity contribution is 0.103. The summed E-state index contributed by atoms with van der Waals surface area (Å²) in [6.45, 7) is 4.66. The van der Waals surface area contributed by atoms with Crippen LogP contribution in [-0.4, -0.2) is 5.78 Å². The molecule has 0 aliphatic rings. The van der Waals surface area contributed by atoms with Crippen LogP contribution in [0.3, 0.4) is 0 Å². The van der Waals surface area contributed by atoms with E-state index in [0.29, 0.717) is 22.8 Å². The Morgan fingerprint density at radius 1 is 0.880 bits per heavy atom. The first-order valence-electron chi connectivity index (χ1n) is 8.12. The summed E-state index contributed by atoms with van der Waals surface area (Å²) >= 11 is 5.86. The van der Waals surface area contributed by atoms with E-state index in [-0.39, 0.29) is 5.78 Å². The molecule has 25 heavy (non-hydrogen) atoms. The van der Waals surface area contributed by atoms with Crippen molar-refractivity contribution in [1.29, 1.82) is 0 Å². The van der Waals surface area contributed by atoms with E-state index < -0.39 is 0 Å². The van der Waals surface area contributed by atoms with E-state index >= 15 is 0 Å². The van der Waals surface area contributed by atoms with Crippen molar-refractivity contribution in [1.82, 2.24) is 0 Å². The fraction of sp³-hybridized carbons (Fsp3) is 0.136. The molecule has 0 unspecified atom stereocenters. The molecule has 0 radical (unpaired) electrons. The van der Waals surface area contributed by atoms with E-state index in [9.17, 15) is 4.79 Å². The third-order valence-corrected chi connectivity index (χ3v) is 4.37. The first-order valence-corrected chi connectivity index (χ1v) is 8.50. The third kappa shape index (κ3) is 4.28. The lowest BCUT2D eigenvalue weighted by atomic mass is 10.0. The molecule has 0 aromatic heterocycles.